The Morgan fingerprint density at radius 1 is 1.19 bits per heavy atom. The van der Waals surface area contributed by atoms with Crippen LogP contribution in [0.15, 0.2) is 47.4 Å². The fourth-order valence-corrected chi connectivity index (χ4v) is 2.41. The van der Waals surface area contributed by atoms with Crippen molar-refractivity contribution in [3.05, 3.63) is 42.5 Å². The summed E-state index contributed by atoms with van der Waals surface area (Å²) in [7, 11) is 0. The van der Waals surface area contributed by atoms with Crippen molar-refractivity contribution in [2.24, 2.45) is 5.92 Å². The summed E-state index contributed by atoms with van der Waals surface area (Å²) in [6.07, 6.45) is 0. The number of nitrogens with zero attached hydrogens (tertiary/aromatic N) is 1. The molecular weight excluding hydrogens is 214 g/mol. The lowest BCUT2D eigenvalue weighted by molar-refractivity contribution is 0.864. The van der Waals surface area contributed by atoms with E-state index in [9.17, 15) is 0 Å². The van der Waals surface area contributed by atoms with Crippen LogP contribution in [-0.2, 0) is 0 Å². The van der Waals surface area contributed by atoms with Crippen LogP contribution in [-0.4, -0.2) is 5.75 Å². The molecular formula is C14H13NS. The first-order valence-corrected chi connectivity index (χ1v) is 6.29. The third-order valence-corrected chi connectivity index (χ3v) is 3.70. The molecule has 0 bridgehead atoms. The molecule has 2 rings (SSSR count). The Kier molecular flexibility index (Phi) is 3.48. The molecule has 1 unspecified atom stereocenters. The van der Waals surface area contributed by atoms with Crippen molar-refractivity contribution in [2.45, 2.75) is 11.8 Å². The van der Waals surface area contributed by atoms with Gasteiger partial charge in [-0.15, -0.1) is 11.8 Å². The second kappa shape index (κ2) is 5.05. The minimum absolute atomic E-state index is 0.108. The van der Waals surface area contributed by atoms with E-state index in [0.717, 1.165) is 5.75 Å². The number of hydrogen-bond acceptors (Lipinski definition) is 2. The molecule has 1 atom stereocenters. The minimum Gasteiger partial charge on any atom is -0.198 e. The van der Waals surface area contributed by atoms with Crippen LogP contribution in [0.4, 0.5) is 0 Å². The average Bonchev–Trinajstić information content (AvgIpc) is 2.35. The summed E-state index contributed by atoms with van der Waals surface area (Å²) in [5, 5.41) is 11.2. The highest BCUT2D eigenvalue weighted by Gasteiger charge is 2.01. The molecule has 0 amide bonds. The van der Waals surface area contributed by atoms with Crippen molar-refractivity contribution in [3.63, 3.8) is 0 Å². The Morgan fingerprint density at radius 2 is 1.94 bits per heavy atom. The van der Waals surface area contributed by atoms with E-state index in [2.05, 4.69) is 42.5 Å². The first kappa shape index (κ1) is 11.0. The quantitative estimate of drug-likeness (QED) is 0.737. The predicted octanol–water partition coefficient (Wildman–Crippen LogP) is 4.09. The SMILES string of the molecule is CC(C#N)CSc1ccc2ccccc2c1. The van der Waals surface area contributed by atoms with Gasteiger partial charge in [0.05, 0.1) is 12.0 Å². The molecule has 0 fully saturated rings. The number of fused-ring (bicyclic) bond motifs is 1. The smallest absolute Gasteiger partial charge is 0.0661 e. The van der Waals surface area contributed by atoms with Crippen LogP contribution in [0.3, 0.4) is 0 Å². The van der Waals surface area contributed by atoms with Gasteiger partial charge in [-0.05, 0) is 29.8 Å². The van der Waals surface area contributed by atoms with Crippen molar-refractivity contribution < 1.29 is 0 Å². The summed E-state index contributed by atoms with van der Waals surface area (Å²) >= 11 is 1.75. The van der Waals surface area contributed by atoms with E-state index in [-0.39, 0.29) is 5.92 Å². The van der Waals surface area contributed by atoms with Crippen molar-refractivity contribution in [1.82, 2.24) is 0 Å². The molecule has 0 saturated heterocycles. The van der Waals surface area contributed by atoms with Gasteiger partial charge in [0.1, 0.15) is 0 Å². The normalized spacial score (nSPS) is 12.2. The summed E-state index contributed by atoms with van der Waals surface area (Å²) in [6.45, 7) is 1.95. The minimum atomic E-state index is 0.108. The molecule has 0 N–H and O–H groups in total. The van der Waals surface area contributed by atoms with Gasteiger partial charge in [0.2, 0.25) is 0 Å². The molecule has 0 saturated carbocycles. The van der Waals surface area contributed by atoms with E-state index >= 15 is 0 Å². The van der Waals surface area contributed by atoms with Gasteiger partial charge in [-0.25, -0.2) is 0 Å². The summed E-state index contributed by atoms with van der Waals surface area (Å²) in [4.78, 5) is 1.24. The Morgan fingerprint density at radius 3 is 2.69 bits per heavy atom. The van der Waals surface area contributed by atoms with Crippen LogP contribution in [0.2, 0.25) is 0 Å². The average molecular weight is 227 g/mol. The van der Waals surface area contributed by atoms with E-state index in [1.54, 1.807) is 11.8 Å². The van der Waals surface area contributed by atoms with Crippen LogP contribution in [0.25, 0.3) is 10.8 Å². The number of rotatable bonds is 3. The molecule has 0 radical (unpaired) electrons. The van der Waals surface area contributed by atoms with Crippen LogP contribution >= 0.6 is 11.8 Å². The molecule has 0 aromatic heterocycles. The maximum atomic E-state index is 8.72. The molecule has 0 aliphatic heterocycles. The molecule has 1 nitrogen and oxygen atoms in total. The fourth-order valence-electron chi connectivity index (χ4n) is 1.52. The summed E-state index contributed by atoms with van der Waals surface area (Å²) in [5.41, 5.74) is 0. The van der Waals surface area contributed by atoms with Crippen LogP contribution in [0.5, 0.6) is 0 Å². The molecule has 0 spiro atoms. The fraction of sp³-hybridized carbons (Fsp3) is 0.214. The summed E-state index contributed by atoms with van der Waals surface area (Å²) in [6, 6.07) is 17.0. The van der Waals surface area contributed by atoms with Crippen LogP contribution in [0, 0.1) is 17.2 Å². The van der Waals surface area contributed by atoms with Gasteiger partial charge >= 0.3 is 0 Å². The van der Waals surface area contributed by atoms with Crippen molar-refractivity contribution in [2.75, 3.05) is 5.75 Å². The lowest BCUT2D eigenvalue weighted by Gasteiger charge is -2.04. The van der Waals surface area contributed by atoms with Crippen molar-refractivity contribution in [1.29, 1.82) is 5.26 Å². The van der Waals surface area contributed by atoms with E-state index < -0.39 is 0 Å². The Hall–Kier alpha value is -1.46. The Balaban J connectivity index is 2.17. The van der Waals surface area contributed by atoms with Gasteiger partial charge in [-0.1, -0.05) is 30.3 Å². The highest BCUT2D eigenvalue weighted by molar-refractivity contribution is 7.99. The lowest BCUT2D eigenvalue weighted by atomic mass is 10.1. The predicted molar refractivity (Wildman–Crippen MR) is 69.4 cm³/mol. The van der Waals surface area contributed by atoms with E-state index in [1.165, 1.54) is 15.7 Å². The molecule has 0 aliphatic rings. The second-order valence-electron chi connectivity index (χ2n) is 3.85. The molecule has 0 aliphatic carbocycles. The van der Waals surface area contributed by atoms with E-state index in [0.29, 0.717) is 0 Å². The first-order chi connectivity index (χ1) is 7.79. The van der Waals surface area contributed by atoms with Crippen molar-refractivity contribution >= 4 is 22.5 Å². The van der Waals surface area contributed by atoms with Gasteiger partial charge in [0, 0.05) is 10.6 Å². The maximum Gasteiger partial charge on any atom is 0.0661 e. The van der Waals surface area contributed by atoms with E-state index in [1.807, 2.05) is 13.0 Å². The highest BCUT2D eigenvalue weighted by Crippen LogP contribution is 2.24. The Bertz CT molecular complexity index is 527. The zero-order valence-electron chi connectivity index (χ0n) is 9.18. The summed E-state index contributed by atoms with van der Waals surface area (Å²) in [5.74, 6) is 0.964. The third-order valence-electron chi connectivity index (χ3n) is 2.44. The van der Waals surface area contributed by atoms with Gasteiger partial charge in [0.15, 0.2) is 0 Å². The first-order valence-electron chi connectivity index (χ1n) is 5.31. The van der Waals surface area contributed by atoms with Gasteiger partial charge in [-0.2, -0.15) is 5.26 Å². The molecule has 2 aromatic rings. The zero-order chi connectivity index (χ0) is 11.4. The number of nitriles is 1. The third kappa shape index (κ3) is 2.56. The van der Waals surface area contributed by atoms with E-state index in [4.69, 9.17) is 5.26 Å². The number of hydrogen-bond donors (Lipinski definition) is 0. The van der Waals surface area contributed by atoms with Gasteiger partial charge in [0.25, 0.3) is 0 Å². The van der Waals surface area contributed by atoms with Crippen molar-refractivity contribution in [3.8, 4) is 6.07 Å². The lowest BCUT2D eigenvalue weighted by Crippen LogP contribution is -1.92. The number of benzene rings is 2. The highest BCUT2D eigenvalue weighted by atomic mass is 32.2. The molecule has 0 heterocycles. The molecule has 2 aromatic carbocycles. The number of thioether (sulfide) groups is 1. The summed E-state index contributed by atoms with van der Waals surface area (Å²) < 4.78 is 0. The standard InChI is InChI=1S/C14H13NS/c1-11(9-15)10-16-14-7-6-12-4-2-3-5-13(12)8-14/h2-8,11H,10H2,1H3. The zero-order valence-corrected chi connectivity index (χ0v) is 10.00. The monoisotopic (exact) mass is 227 g/mol. The van der Waals surface area contributed by atoms with Crippen LogP contribution in [0.1, 0.15) is 6.92 Å². The molecule has 16 heavy (non-hydrogen) atoms. The van der Waals surface area contributed by atoms with Gasteiger partial charge < -0.3 is 0 Å². The topological polar surface area (TPSA) is 23.8 Å². The maximum absolute atomic E-state index is 8.72. The molecule has 2 heteroatoms. The second-order valence-corrected chi connectivity index (χ2v) is 4.94. The largest absolute Gasteiger partial charge is 0.198 e. The Labute approximate surface area is 100 Å². The van der Waals surface area contributed by atoms with Gasteiger partial charge in [-0.3, -0.25) is 0 Å². The molecule has 80 valence electrons. The van der Waals surface area contributed by atoms with Crippen LogP contribution < -0.4 is 0 Å².